The lowest BCUT2D eigenvalue weighted by Crippen LogP contribution is -2.19. The molecule has 0 spiro atoms. The van der Waals surface area contributed by atoms with Crippen LogP contribution in [0.2, 0.25) is 0 Å². The largest absolute Gasteiger partial charge is 0.481 e. The Hall–Kier alpha value is -0.670. The molecule has 1 saturated carbocycles. The molecule has 0 amide bonds. The van der Waals surface area contributed by atoms with Crippen molar-refractivity contribution in [2.75, 3.05) is 12.5 Å². The first-order valence-corrected chi connectivity index (χ1v) is 5.93. The number of hydrogen-bond acceptors (Lipinski definition) is 3. The lowest BCUT2D eigenvalue weighted by atomic mass is 9.96. The van der Waals surface area contributed by atoms with E-state index in [1.807, 2.05) is 0 Å². The zero-order valence-corrected chi connectivity index (χ0v) is 8.77. The van der Waals surface area contributed by atoms with Crippen molar-refractivity contribution in [1.29, 1.82) is 0 Å². The second-order valence-corrected chi connectivity index (χ2v) is 5.02. The molecule has 74 valence electrons. The van der Waals surface area contributed by atoms with E-state index in [0.717, 1.165) is 18.2 Å². The molecule has 1 fully saturated rings. The highest BCUT2D eigenvalue weighted by Gasteiger charge is 2.43. The maximum Gasteiger partial charge on any atom is 0.138 e. The molecule has 1 aromatic rings. The van der Waals surface area contributed by atoms with Crippen LogP contribution in [0.15, 0.2) is 23.1 Å². The van der Waals surface area contributed by atoms with Gasteiger partial charge in [0.1, 0.15) is 11.7 Å². The van der Waals surface area contributed by atoms with Crippen LogP contribution in [-0.4, -0.2) is 12.5 Å². The van der Waals surface area contributed by atoms with Gasteiger partial charge in [0.05, 0.1) is 4.90 Å². The summed E-state index contributed by atoms with van der Waals surface area (Å²) in [5.41, 5.74) is 7.45. The minimum atomic E-state index is 0.283. The van der Waals surface area contributed by atoms with Crippen molar-refractivity contribution >= 4 is 11.8 Å². The predicted molar refractivity (Wildman–Crippen MR) is 57.8 cm³/mol. The summed E-state index contributed by atoms with van der Waals surface area (Å²) in [5, 5.41) is 0. The standard InChI is InChI=1S/C11H13NOS/c12-6-11(3-4-11)8-1-2-10-9(5-8)13-7-14-10/h1-2,5H,3-4,6-7,12H2. The molecule has 3 rings (SSSR count). The molecule has 0 unspecified atom stereocenters. The minimum Gasteiger partial charge on any atom is -0.481 e. The van der Waals surface area contributed by atoms with Crippen LogP contribution in [0.4, 0.5) is 0 Å². The fourth-order valence-electron chi connectivity index (χ4n) is 1.99. The molecule has 0 atom stereocenters. The molecule has 1 heterocycles. The second kappa shape index (κ2) is 2.91. The maximum absolute atomic E-state index is 5.80. The Kier molecular flexibility index (Phi) is 1.79. The molecule has 0 aromatic heterocycles. The van der Waals surface area contributed by atoms with Crippen LogP contribution in [0, 0.1) is 0 Å². The molecule has 2 N–H and O–H groups in total. The Morgan fingerprint density at radius 3 is 3.00 bits per heavy atom. The topological polar surface area (TPSA) is 35.2 Å². The van der Waals surface area contributed by atoms with Crippen LogP contribution in [0.1, 0.15) is 18.4 Å². The van der Waals surface area contributed by atoms with Gasteiger partial charge in [0.15, 0.2) is 0 Å². The first-order valence-electron chi connectivity index (χ1n) is 4.94. The van der Waals surface area contributed by atoms with Gasteiger partial charge in [-0.25, -0.2) is 0 Å². The zero-order chi connectivity index (χ0) is 9.60. The quantitative estimate of drug-likeness (QED) is 0.806. The molecular weight excluding hydrogens is 194 g/mol. The summed E-state index contributed by atoms with van der Waals surface area (Å²) in [4.78, 5) is 1.27. The van der Waals surface area contributed by atoms with E-state index in [2.05, 4.69) is 18.2 Å². The van der Waals surface area contributed by atoms with Crippen molar-refractivity contribution in [2.24, 2.45) is 5.73 Å². The molecule has 0 bridgehead atoms. The molecule has 1 aliphatic carbocycles. The second-order valence-electron chi connectivity index (χ2n) is 4.05. The van der Waals surface area contributed by atoms with Crippen LogP contribution in [-0.2, 0) is 5.41 Å². The summed E-state index contributed by atoms with van der Waals surface area (Å²) < 4.78 is 5.53. The van der Waals surface area contributed by atoms with Gasteiger partial charge < -0.3 is 10.5 Å². The molecule has 0 saturated heterocycles. The number of hydrogen-bond donors (Lipinski definition) is 1. The lowest BCUT2D eigenvalue weighted by molar-refractivity contribution is 0.396. The monoisotopic (exact) mass is 207 g/mol. The van der Waals surface area contributed by atoms with Crippen molar-refractivity contribution < 1.29 is 4.74 Å². The van der Waals surface area contributed by atoms with Gasteiger partial charge in [0.25, 0.3) is 0 Å². The van der Waals surface area contributed by atoms with Gasteiger partial charge in [0, 0.05) is 12.0 Å². The summed E-state index contributed by atoms with van der Waals surface area (Å²) >= 11 is 1.76. The van der Waals surface area contributed by atoms with Gasteiger partial charge in [0.2, 0.25) is 0 Å². The van der Waals surface area contributed by atoms with Crippen LogP contribution in [0.3, 0.4) is 0 Å². The molecule has 2 aliphatic rings. The third-order valence-corrected chi connectivity index (χ3v) is 4.11. The van der Waals surface area contributed by atoms with Gasteiger partial charge in [-0.15, -0.1) is 0 Å². The van der Waals surface area contributed by atoms with Crippen LogP contribution < -0.4 is 10.5 Å². The van der Waals surface area contributed by atoms with E-state index in [4.69, 9.17) is 10.5 Å². The summed E-state index contributed by atoms with van der Waals surface area (Å²) in [6, 6.07) is 6.55. The number of nitrogens with two attached hydrogens (primary N) is 1. The van der Waals surface area contributed by atoms with E-state index >= 15 is 0 Å². The molecule has 1 aromatic carbocycles. The molecular formula is C11H13NOS. The first-order chi connectivity index (χ1) is 6.84. The Morgan fingerprint density at radius 1 is 1.43 bits per heavy atom. The number of fused-ring (bicyclic) bond motifs is 1. The molecule has 14 heavy (non-hydrogen) atoms. The van der Waals surface area contributed by atoms with Crippen LogP contribution in [0.5, 0.6) is 5.75 Å². The highest BCUT2D eigenvalue weighted by molar-refractivity contribution is 7.99. The zero-order valence-electron chi connectivity index (χ0n) is 7.95. The number of benzene rings is 1. The third kappa shape index (κ3) is 1.16. The van der Waals surface area contributed by atoms with Crippen molar-refractivity contribution in [3.8, 4) is 5.75 Å². The van der Waals surface area contributed by atoms with Gasteiger partial charge in [-0.3, -0.25) is 0 Å². The van der Waals surface area contributed by atoms with E-state index in [1.165, 1.54) is 23.3 Å². The molecule has 0 radical (unpaired) electrons. The highest BCUT2D eigenvalue weighted by atomic mass is 32.2. The average Bonchev–Trinajstić information content (AvgIpc) is 2.89. The lowest BCUT2D eigenvalue weighted by Gasteiger charge is -2.13. The summed E-state index contributed by atoms with van der Waals surface area (Å²) in [7, 11) is 0. The SMILES string of the molecule is NCC1(c2ccc3c(c2)OCS3)CC1. The van der Waals surface area contributed by atoms with E-state index < -0.39 is 0 Å². The molecule has 1 aliphatic heterocycles. The van der Waals surface area contributed by atoms with E-state index in [1.54, 1.807) is 11.8 Å². The summed E-state index contributed by atoms with van der Waals surface area (Å²) in [6.07, 6.45) is 2.46. The Bertz CT molecular complexity index is 374. The van der Waals surface area contributed by atoms with E-state index in [-0.39, 0.29) is 5.41 Å². The Balaban J connectivity index is 2.00. The minimum absolute atomic E-state index is 0.283. The van der Waals surface area contributed by atoms with Crippen LogP contribution in [0.25, 0.3) is 0 Å². The Labute approximate surface area is 87.8 Å². The smallest absolute Gasteiger partial charge is 0.138 e. The van der Waals surface area contributed by atoms with Gasteiger partial charge in [-0.2, -0.15) is 0 Å². The Morgan fingerprint density at radius 2 is 2.29 bits per heavy atom. The van der Waals surface area contributed by atoms with Gasteiger partial charge in [-0.05, 0) is 30.5 Å². The van der Waals surface area contributed by atoms with E-state index in [9.17, 15) is 0 Å². The van der Waals surface area contributed by atoms with Crippen molar-refractivity contribution in [3.05, 3.63) is 23.8 Å². The summed E-state index contributed by atoms with van der Waals surface area (Å²) in [6.45, 7) is 0.763. The number of thioether (sulfide) groups is 1. The summed E-state index contributed by atoms with van der Waals surface area (Å²) in [5.74, 6) is 1.81. The van der Waals surface area contributed by atoms with Crippen molar-refractivity contribution in [2.45, 2.75) is 23.2 Å². The molecule has 3 heteroatoms. The van der Waals surface area contributed by atoms with Gasteiger partial charge >= 0.3 is 0 Å². The first kappa shape index (κ1) is 8.62. The van der Waals surface area contributed by atoms with Crippen molar-refractivity contribution in [1.82, 2.24) is 0 Å². The predicted octanol–water partition coefficient (Wildman–Crippen LogP) is 2.12. The fraction of sp³-hybridized carbons (Fsp3) is 0.455. The highest BCUT2D eigenvalue weighted by Crippen LogP contribution is 2.49. The maximum atomic E-state index is 5.80. The third-order valence-electron chi connectivity index (χ3n) is 3.23. The van der Waals surface area contributed by atoms with Crippen LogP contribution >= 0.6 is 11.8 Å². The number of ether oxygens (including phenoxy) is 1. The fourth-order valence-corrected chi connectivity index (χ4v) is 2.73. The number of rotatable bonds is 2. The van der Waals surface area contributed by atoms with E-state index in [0.29, 0.717) is 0 Å². The van der Waals surface area contributed by atoms with Gasteiger partial charge in [-0.1, -0.05) is 17.8 Å². The van der Waals surface area contributed by atoms with Crippen molar-refractivity contribution in [3.63, 3.8) is 0 Å². The average molecular weight is 207 g/mol. The normalized spacial score (nSPS) is 21.5. The molecule has 2 nitrogen and oxygen atoms in total.